The largest absolute Gasteiger partial charge is 0.497 e. The Labute approximate surface area is 214 Å². The molecule has 1 N–H and O–H groups in total. The maximum absolute atomic E-state index is 13.4. The molecule has 0 radical (unpaired) electrons. The van der Waals surface area contributed by atoms with E-state index in [1.807, 2.05) is 42.5 Å². The van der Waals surface area contributed by atoms with E-state index < -0.39 is 36.4 Å². The highest BCUT2D eigenvalue weighted by Gasteiger charge is 2.61. The molecule has 9 nitrogen and oxygen atoms in total. The monoisotopic (exact) mass is 504 g/mol. The molecule has 5 atom stereocenters. The summed E-state index contributed by atoms with van der Waals surface area (Å²) in [5.74, 6) is -1.99. The van der Waals surface area contributed by atoms with Gasteiger partial charge in [-0.1, -0.05) is 42.5 Å². The third-order valence-corrected chi connectivity index (χ3v) is 7.39. The number of carbonyl (C=O) groups is 4. The molecule has 1 heterocycles. The van der Waals surface area contributed by atoms with Crippen LogP contribution in [-0.4, -0.2) is 55.5 Å². The zero-order valence-corrected chi connectivity index (χ0v) is 20.6. The molecule has 2 aromatic carbocycles. The summed E-state index contributed by atoms with van der Waals surface area (Å²) in [5, 5.41) is 2.64. The number of nitrogens with zero attached hydrogens (tertiary/aromatic N) is 1. The molecule has 2 fully saturated rings. The zero-order chi connectivity index (χ0) is 26.1. The molecule has 1 aliphatic heterocycles. The molecule has 3 aliphatic rings. The summed E-state index contributed by atoms with van der Waals surface area (Å²) in [5.41, 5.74) is 1.12. The lowest BCUT2D eigenvalue weighted by Gasteiger charge is -2.26. The number of imide groups is 1. The van der Waals surface area contributed by atoms with Gasteiger partial charge in [-0.15, -0.1) is 0 Å². The summed E-state index contributed by atoms with van der Waals surface area (Å²) in [6.07, 6.45) is 4.90. The Bertz CT molecular complexity index is 1230. The summed E-state index contributed by atoms with van der Waals surface area (Å²) in [4.78, 5) is 53.8. The smallest absolute Gasteiger partial charge is 0.330 e. The van der Waals surface area contributed by atoms with Gasteiger partial charge in [-0.05, 0) is 36.0 Å². The van der Waals surface area contributed by atoms with Gasteiger partial charge >= 0.3 is 5.97 Å². The number of carbonyl (C=O) groups excluding carboxylic acids is 4. The van der Waals surface area contributed by atoms with Gasteiger partial charge in [0.25, 0.3) is 5.91 Å². The third-order valence-electron chi connectivity index (χ3n) is 7.39. The number of hydrogen-bond acceptors (Lipinski definition) is 7. The lowest BCUT2D eigenvalue weighted by Crippen LogP contribution is -2.48. The van der Waals surface area contributed by atoms with Gasteiger partial charge in [0.15, 0.2) is 6.61 Å². The number of benzene rings is 2. The highest BCUT2D eigenvalue weighted by atomic mass is 16.5. The number of ether oxygens (including phenoxy) is 3. The minimum atomic E-state index is -1.16. The Hall–Kier alpha value is -4.14. The Morgan fingerprint density at radius 2 is 1.65 bits per heavy atom. The Balaban J connectivity index is 1.31. The first-order valence-electron chi connectivity index (χ1n) is 12.2. The van der Waals surface area contributed by atoms with Crippen LogP contribution in [0.15, 0.2) is 60.7 Å². The molecule has 0 aromatic heterocycles. The molecule has 0 unspecified atom stereocenters. The normalized spacial score (nSPS) is 24.1. The number of allylic oxidation sites excluding steroid dienone is 2. The minimum absolute atomic E-state index is 0.0217. The molecule has 192 valence electrons. The molecular formula is C28H28N2O7. The molecule has 0 spiro atoms. The highest BCUT2D eigenvalue weighted by molar-refractivity contribution is 6.09. The van der Waals surface area contributed by atoms with Crippen molar-refractivity contribution in [1.82, 2.24) is 4.90 Å². The molecule has 1 saturated carbocycles. The zero-order valence-electron chi connectivity index (χ0n) is 20.6. The molecule has 2 bridgehead atoms. The number of nitrogens with one attached hydrogen (secondary N) is 1. The first-order chi connectivity index (χ1) is 17.9. The van der Waals surface area contributed by atoms with Gasteiger partial charge in [-0.2, -0.15) is 0 Å². The van der Waals surface area contributed by atoms with Crippen LogP contribution in [0, 0.1) is 23.7 Å². The second-order valence-corrected chi connectivity index (χ2v) is 9.47. The number of anilines is 1. The van der Waals surface area contributed by atoms with Crippen LogP contribution in [-0.2, 0) is 30.3 Å². The average molecular weight is 505 g/mol. The van der Waals surface area contributed by atoms with Gasteiger partial charge in [-0.25, -0.2) is 4.79 Å². The fraction of sp³-hybridized carbons (Fsp3) is 0.357. The van der Waals surface area contributed by atoms with Crippen LogP contribution < -0.4 is 14.8 Å². The van der Waals surface area contributed by atoms with Crippen LogP contribution in [0.4, 0.5) is 5.69 Å². The van der Waals surface area contributed by atoms with Gasteiger partial charge in [-0.3, -0.25) is 19.3 Å². The molecule has 9 heteroatoms. The van der Waals surface area contributed by atoms with Crippen molar-refractivity contribution < 1.29 is 33.4 Å². The molecule has 37 heavy (non-hydrogen) atoms. The van der Waals surface area contributed by atoms with Crippen molar-refractivity contribution in [1.29, 1.82) is 0 Å². The second-order valence-electron chi connectivity index (χ2n) is 9.47. The summed E-state index contributed by atoms with van der Waals surface area (Å²) in [7, 11) is 2.96. The van der Waals surface area contributed by atoms with E-state index in [0.29, 0.717) is 17.2 Å². The van der Waals surface area contributed by atoms with E-state index >= 15 is 0 Å². The third kappa shape index (κ3) is 4.57. The van der Waals surface area contributed by atoms with Gasteiger partial charge in [0.05, 0.1) is 31.7 Å². The maximum Gasteiger partial charge on any atom is 0.330 e. The summed E-state index contributed by atoms with van der Waals surface area (Å²) < 4.78 is 15.8. The first kappa shape index (κ1) is 24.5. The van der Waals surface area contributed by atoms with Crippen LogP contribution in [0.1, 0.15) is 12.0 Å². The van der Waals surface area contributed by atoms with E-state index in [1.165, 1.54) is 14.2 Å². The average Bonchev–Trinajstić information content (AvgIpc) is 3.60. The number of esters is 1. The molecular weight excluding hydrogens is 476 g/mol. The van der Waals surface area contributed by atoms with E-state index in [9.17, 15) is 19.2 Å². The maximum atomic E-state index is 13.4. The van der Waals surface area contributed by atoms with E-state index in [2.05, 4.69) is 5.32 Å². The SMILES string of the molecule is COc1ccc(OC)c(NC(=O)COC(=O)[C@@H](Cc2ccccc2)N2C(=O)[C@@H]3[C@H](C2=O)[C@H]2C=C[C@H]3C2)c1. The number of likely N-dealkylation sites (tertiary alicyclic amines) is 1. The van der Waals surface area contributed by atoms with E-state index in [0.717, 1.165) is 16.9 Å². The fourth-order valence-electron chi connectivity index (χ4n) is 5.68. The van der Waals surface area contributed by atoms with Gasteiger partial charge < -0.3 is 19.5 Å². The number of amides is 3. The van der Waals surface area contributed by atoms with Crippen molar-refractivity contribution in [2.75, 3.05) is 26.1 Å². The van der Waals surface area contributed by atoms with Crippen molar-refractivity contribution in [3.8, 4) is 11.5 Å². The van der Waals surface area contributed by atoms with Gasteiger partial charge in [0, 0.05) is 12.5 Å². The van der Waals surface area contributed by atoms with Crippen molar-refractivity contribution in [3.05, 3.63) is 66.2 Å². The number of methoxy groups -OCH3 is 2. The van der Waals surface area contributed by atoms with Gasteiger partial charge in [0.1, 0.15) is 17.5 Å². The molecule has 2 aliphatic carbocycles. The first-order valence-corrected chi connectivity index (χ1v) is 12.2. The van der Waals surface area contributed by atoms with Crippen molar-refractivity contribution >= 4 is 29.4 Å². The van der Waals surface area contributed by atoms with Gasteiger partial charge in [0.2, 0.25) is 11.8 Å². The highest BCUT2D eigenvalue weighted by Crippen LogP contribution is 2.53. The second kappa shape index (κ2) is 10.1. The summed E-state index contributed by atoms with van der Waals surface area (Å²) in [6.45, 7) is -0.597. The predicted molar refractivity (Wildman–Crippen MR) is 133 cm³/mol. The van der Waals surface area contributed by atoms with Crippen molar-refractivity contribution in [2.45, 2.75) is 18.9 Å². The molecule has 2 aromatic rings. The van der Waals surface area contributed by atoms with Crippen LogP contribution >= 0.6 is 0 Å². The number of rotatable bonds is 9. The van der Waals surface area contributed by atoms with Crippen LogP contribution in [0.2, 0.25) is 0 Å². The van der Waals surface area contributed by atoms with E-state index in [-0.39, 0.29) is 30.1 Å². The number of hydrogen-bond donors (Lipinski definition) is 1. The summed E-state index contributed by atoms with van der Waals surface area (Å²) in [6, 6.07) is 12.9. The number of fused-ring (bicyclic) bond motifs is 5. The van der Waals surface area contributed by atoms with Crippen LogP contribution in [0.5, 0.6) is 11.5 Å². The Kier molecular flexibility index (Phi) is 6.69. The minimum Gasteiger partial charge on any atom is -0.497 e. The van der Waals surface area contributed by atoms with Crippen molar-refractivity contribution in [3.63, 3.8) is 0 Å². The fourth-order valence-corrected chi connectivity index (χ4v) is 5.68. The molecule has 5 rings (SSSR count). The predicted octanol–water partition coefficient (Wildman–Crippen LogP) is 2.60. The lowest BCUT2D eigenvalue weighted by atomic mass is 9.85. The van der Waals surface area contributed by atoms with Crippen molar-refractivity contribution in [2.24, 2.45) is 23.7 Å². The van der Waals surface area contributed by atoms with E-state index in [4.69, 9.17) is 14.2 Å². The topological polar surface area (TPSA) is 111 Å². The Morgan fingerprint density at radius 3 is 2.27 bits per heavy atom. The molecule has 3 amide bonds. The lowest BCUT2D eigenvalue weighted by molar-refractivity contribution is -0.160. The van der Waals surface area contributed by atoms with Crippen LogP contribution in [0.25, 0.3) is 0 Å². The van der Waals surface area contributed by atoms with E-state index in [1.54, 1.807) is 18.2 Å². The summed E-state index contributed by atoms with van der Waals surface area (Å²) >= 11 is 0. The molecule has 1 saturated heterocycles. The standard InChI is InChI=1S/C28H28N2O7/c1-35-19-10-11-22(36-2)20(14-19)29-23(31)15-37-28(34)21(12-16-6-4-3-5-7-16)30-26(32)24-17-8-9-18(13-17)25(24)27(30)33/h3-11,14,17-18,21,24-25H,12-13,15H2,1-2H3,(H,29,31)/t17-,18-,21+,24-,25+/m0/s1. The quantitative estimate of drug-likeness (QED) is 0.317. The Morgan fingerprint density at radius 1 is 0.973 bits per heavy atom. The van der Waals surface area contributed by atoms with Crippen LogP contribution in [0.3, 0.4) is 0 Å².